The third-order valence-electron chi connectivity index (χ3n) is 3.36. The molecule has 1 unspecified atom stereocenters. The molecule has 0 aromatic carbocycles. The van der Waals surface area contributed by atoms with E-state index < -0.39 is 9.84 Å². The first kappa shape index (κ1) is 16.1. The molecule has 1 rings (SSSR count). The average Bonchev–Trinajstić information content (AvgIpc) is 2.43. The summed E-state index contributed by atoms with van der Waals surface area (Å²) in [6.07, 6.45) is 7.27. The van der Waals surface area contributed by atoms with E-state index in [-0.39, 0.29) is 5.75 Å². The molecule has 0 amide bonds. The maximum atomic E-state index is 11.4. The Kier molecular flexibility index (Phi) is 7.02. The van der Waals surface area contributed by atoms with Gasteiger partial charge in [0.05, 0.1) is 5.75 Å². The number of sulfone groups is 1. The van der Waals surface area contributed by atoms with Gasteiger partial charge in [-0.05, 0) is 44.4 Å². The van der Waals surface area contributed by atoms with E-state index in [0.29, 0.717) is 11.8 Å². The number of hydrogen-bond acceptors (Lipinski definition) is 4. The molecular formula is C14H24N2O2S. The molecule has 1 heterocycles. The van der Waals surface area contributed by atoms with Crippen LogP contribution in [0.3, 0.4) is 0 Å². The van der Waals surface area contributed by atoms with Crippen LogP contribution in [0.1, 0.15) is 31.7 Å². The van der Waals surface area contributed by atoms with Gasteiger partial charge in [0.15, 0.2) is 0 Å². The quantitative estimate of drug-likeness (QED) is 0.751. The number of hydrogen-bond donors (Lipinski definition) is 1. The van der Waals surface area contributed by atoms with Crippen molar-refractivity contribution in [1.82, 2.24) is 10.3 Å². The molecule has 4 nitrogen and oxygen atoms in total. The first-order chi connectivity index (χ1) is 9.07. The molecular weight excluding hydrogens is 260 g/mol. The second-order valence-electron chi connectivity index (χ2n) is 4.76. The summed E-state index contributed by atoms with van der Waals surface area (Å²) in [7, 11) is -0.895. The molecule has 0 radical (unpaired) electrons. The lowest BCUT2D eigenvalue weighted by Crippen LogP contribution is -2.26. The van der Waals surface area contributed by atoms with Crippen LogP contribution in [0.5, 0.6) is 0 Å². The SMILES string of the molecule is CCS(=O)(=O)CCCC(CCc1cccnc1)NC. The van der Waals surface area contributed by atoms with Gasteiger partial charge in [-0.25, -0.2) is 8.42 Å². The summed E-state index contributed by atoms with van der Waals surface area (Å²) < 4.78 is 22.8. The Balaban J connectivity index is 2.30. The van der Waals surface area contributed by atoms with Crippen LogP contribution in [0.2, 0.25) is 0 Å². The predicted octanol–water partition coefficient (Wildman–Crippen LogP) is 1.82. The lowest BCUT2D eigenvalue weighted by Gasteiger charge is -2.15. The molecule has 0 saturated carbocycles. The summed E-state index contributed by atoms with van der Waals surface area (Å²) >= 11 is 0. The molecule has 0 spiro atoms. The summed E-state index contributed by atoms with van der Waals surface area (Å²) in [5.74, 6) is 0.543. The lowest BCUT2D eigenvalue weighted by atomic mass is 10.0. The zero-order valence-electron chi connectivity index (χ0n) is 11.8. The van der Waals surface area contributed by atoms with Crippen LogP contribution in [-0.4, -0.2) is 38.0 Å². The van der Waals surface area contributed by atoms with Crippen molar-refractivity contribution in [1.29, 1.82) is 0 Å². The zero-order chi connectivity index (χ0) is 14.1. The van der Waals surface area contributed by atoms with E-state index in [1.165, 1.54) is 5.56 Å². The van der Waals surface area contributed by atoms with Crippen molar-refractivity contribution in [2.75, 3.05) is 18.6 Å². The molecule has 1 aromatic heterocycles. The second kappa shape index (κ2) is 8.27. The van der Waals surface area contributed by atoms with Gasteiger partial charge in [0.1, 0.15) is 9.84 Å². The first-order valence-corrected chi connectivity index (χ1v) is 8.66. The molecule has 1 aromatic rings. The van der Waals surface area contributed by atoms with Gasteiger partial charge in [-0.15, -0.1) is 0 Å². The van der Waals surface area contributed by atoms with Gasteiger partial charge in [0, 0.05) is 24.2 Å². The summed E-state index contributed by atoms with van der Waals surface area (Å²) in [5, 5.41) is 3.26. The maximum Gasteiger partial charge on any atom is 0.150 e. The summed E-state index contributed by atoms with van der Waals surface area (Å²) in [6.45, 7) is 1.70. The van der Waals surface area contributed by atoms with Crippen LogP contribution < -0.4 is 5.32 Å². The van der Waals surface area contributed by atoms with Crippen LogP contribution in [0.25, 0.3) is 0 Å². The highest BCUT2D eigenvalue weighted by molar-refractivity contribution is 7.91. The lowest BCUT2D eigenvalue weighted by molar-refractivity contribution is 0.482. The zero-order valence-corrected chi connectivity index (χ0v) is 12.6. The third kappa shape index (κ3) is 6.68. The molecule has 0 fully saturated rings. The fourth-order valence-electron chi connectivity index (χ4n) is 2.01. The smallest absolute Gasteiger partial charge is 0.150 e. The van der Waals surface area contributed by atoms with Gasteiger partial charge < -0.3 is 5.32 Å². The normalized spacial score (nSPS) is 13.4. The van der Waals surface area contributed by atoms with Crippen LogP contribution >= 0.6 is 0 Å². The highest BCUT2D eigenvalue weighted by atomic mass is 32.2. The van der Waals surface area contributed by atoms with Gasteiger partial charge in [0.25, 0.3) is 0 Å². The van der Waals surface area contributed by atoms with Crippen molar-refractivity contribution >= 4 is 9.84 Å². The van der Waals surface area contributed by atoms with Crippen LogP contribution in [-0.2, 0) is 16.3 Å². The minimum Gasteiger partial charge on any atom is -0.317 e. The fourth-order valence-corrected chi connectivity index (χ4v) is 2.91. The van der Waals surface area contributed by atoms with Crippen molar-refractivity contribution in [3.05, 3.63) is 30.1 Å². The Labute approximate surface area is 116 Å². The van der Waals surface area contributed by atoms with Crippen LogP contribution in [0.15, 0.2) is 24.5 Å². The standard InChI is InChI=1S/C14H24N2O2S/c1-3-19(17,18)11-5-7-14(15-2)9-8-13-6-4-10-16-12-13/h4,6,10,12,14-15H,3,5,7-9,11H2,1-2H3. The molecule has 1 N–H and O–H groups in total. The Hall–Kier alpha value is -0.940. The molecule has 0 aliphatic heterocycles. The minimum absolute atomic E-state index is 0.243. The number of rotatable bonds is 9. The van der Waals surface area contributed by atoms with Gasteiger partial charge in [-0.1, -0.05) is 13.0 Å². The molecule has 0 aliphatic rings. The van der Waals surface area contributed by atoms with E-state index >= 15 is 0 Å². The fraction of sp³-hybridized carbons (Fsp3) is 0.643. The van der Waals surface area contributed by atoms with E-state index in [0.717, 1.165) is 25.7 Å². The van der Waals surface area contributed by atoms with Crippen molar-refractivity contribution in [3.63, 3.8) is 0 Å². The van der Waals surface area contributed by atoms with E-state index in [4.69, 9.17) is 0 Å². The van der Waals surface area contributed by atoms with E-state index in [9.17, 15) is 8.42 Å². The monoisotopic (exact) mass is 284 g/mol. The molecule has 1 atom stereocenters. The molecule has 108 valence electrons. The highest BCUT2D eigenvalue weighted by Crippen LogP contribution is 2.09. The van der Waals surface area contributed by atoms with Crippen molar-refractivity contribution in [3.8, 4) is 0 Å². The number of nitrogens with one attached hydrogen (secondary N) is 1. The van der Waals surface area contributed by atoms with Crippen LogP contribution in [0.4, 0.5) is 0 Å². The van der Waals surface area contributed by atoms with Gasteiger partial charge in [-0.3, -0.25) is 4.98 Å². The van der Waals surface area contributed by atoms with Crippen LogP contribution in [0, 0.1) is 0 Å². The van der Waals surface area contributed by atoms with E-state index in [2.05, 4.69) is 16.4 Å². The first-order valence-electron chi connectivity index (χ1n) is 6.84. The largest absolute Gasteiger partial charge is 0.317 e. The summed E-state index contributed by atoms with van der Waals surface area (Å²) in [5.41, 5.74) is 1.23. The molecule has 5 heteroatoms. The molecule has 0 aliphatic carbocycles. The highest BCUT2D eigenvalue weighted by Gasteiger charge is 2.11. The second-order valence-corrected chi connectivity index (χ2v) is 7.24. The van der Waals surface area contributed by atoms with Crippen molar-refractivity contribution < 1.29 is 8.42 Å². The van der Waals surface area contributed by atoms with Gasteiger partial charge >= 0.3 is 0 Å². The Morgan fingerprint density at radius 3 is 2.74 bits per heavy atom. The molecule has 0 saturated heterocycles. The summed E-state index contributed by atoms with van der Waals surface area (Å²) in [6, 6.07) is 4.38. The maximum absolute atomic E-state index is 11.4. The Morgan fingerprint density at radius 2 is 2.16 bits per heavy atom. The van der Waals surface area contributed by atoms with E-state index in [1.807, 2.05) is 19.3 Å². The number of aromatic nitrogens is 1. The van der Waals surface area contributed by atoms with Gasteiger partial charge in [-0.2, -0.15) is 0 Å². The topological polar surface area (TPSA) is 59.1 Å². The van der Waals surface area contributed by atoms with Gasteiger partial charge in [0.2, 0.25) is 0 Å². The predicted molar refractivity (Wildman–Crippen MR) is 79.0 cm³/mol. The summed E-state index contributed by atoms with van der Waals surface area (Å²) in [4.78, 5) is 4.09. The van der Waals surface area contributed by atoms with E-state index in [1.54, 1.807) is 13.1 Å². The third-order valence-corrected chi connectivity index (χ3v) is 5.15. The Morgan fingerprint density at radius 1 is 1.37 bits per heavy atom. The average molecular weight is 284 g/mol. The Bertz CT molecular complexity index is 446. The van der Waals surface area contributed by atoms with Crippen molar-refractivity contribution in [2.45, 2.75) is 38.6 Å². The van der Waals surface area contributed by atoms with Crippen molar-refractivity contribution in [2.24, 2.45) is 0 Å². The minimum atomic E-state index is -2.83. The molecule has 0 bridgehead atoms. The molecule has 19 heavy (non-hydrogen) atoms. The number of nitrogens with zero attached hydrogens (tertiary/aromatic N) is 1. The number of pyridine rings is 1. The number of aryl methyl sites for hydroxylation is 1.